The van der Waals surface area contributed by atoms with Crippen LogP contribution in [-0.2, 0) is 11.2 Å². The second-order valence-corrected chi connectivity index (χ2v) is 7.50. The van der Waals surface area contributed by atoms with Gasteiger partial charge in [0.2, 0.25) is 0 Å². The Hall–Kier alpha value is -2.73. The van der Waals surface area contributed by atoms with Crippen molar-refractivity contribution in [3.63, 3.8) is 0 Å². The van der Waals surface area contributed by atoms with Crippen LogP contribution in [0.25, 0.3) is 0 Å². The molecule has 1 N–H and O–H groups in total. The quantitative estimate of drug-likeness (QED) is 0.863. The van der Waals surface area contributed by atoms with E-state index in [0.29, 0.717) is 0 Å². The van der Waals surface area contributed by atoms with Crippen molar-refractivity contribution in [2.24, 2.45) is 0 Å². The number of urea groups is 1. The highest BCUT2D eigenvalue weighted by Gasteiger charge is 2.24. The number of rotatable bonds is 4. The zero-order chi connectivity index (χ0) is 20.1. The van der Waals surface area contributed by atoms with Gasteiger partial charge in [-0.2, -0.15) is 0 Å². The second-order valence-electron chi connectivity index (χ2n) is 7.50. The molecule has 29 heavy (non-hydrogen) atoms. The van der Waals surface area contributed by atoms with E-state index in [-0.39, 0.29) is 6.03 Å². The van der Waals surface area contributed by atoms with E-state index in [9.17, 15) is 4.79 Å². The van der Waals surface area contributed by atoms with Gasteiger partial charge in [0, 0.05) is 45.0 Å². The minimum absolute atomic E-state index is 0.00739. The van der Waals surface area contributed by atoms with E-state index in [4.69, 9.17) is 4.74 Å². The first kappa shape index (κ1) is 19.6. The Morgan fingerprint density at radius 3 is 2.10 bits per heavy atom. The number of piperazine rings is 1. The molecule has 2 aliphatic heterocycles. The van der Waals surface area contributed by atoms with Gasteiger partial charge in [-0.3, -0.25) is 0 Å². The Bertz CT molecular complexity index is 827. The molecule has 2 aromatic rings. The summed E-state index contributed by atoms with van der Waals surface area (Å²) in [6.07, 6.45) is 0.905. The van der Waals surface area contributed by atoms with E-state index in [1.54, 1.807) is 0 Å². The molecule has 2 saturated heterocycles. The fourth-order valence-electron chi connectivity index (χ4n) is 4.10. The minimum Gasteiger partial charge on any atom is -0.378 e. The van der Waals surface area contributed by atoms with Crippen molar-refractivity contribution in [2.75, 3.05) is 67.6 Å². The van der Waals surface area contributed by atoms with E-state index >= 15 is 0 Å². The molecule has 0 spiro atoms. The number of para-hydroxylation sites is 3. The summed E-state index contributed by atoms with van der Waals surface area (Å²) in [5, 5.41) is 3.10. The van der Waals surface area contributed by atoms with Gasteiger partial charge in [0.15, 0.2) is 0 Å². The number of hydrogen-bond donors (Lipinski definition) is 1. The van der Waals surface area contributed by atoms with Gasteiger partial charge in [0.05, 0.1) is 24.6 Å². The molecule has 0 aromatic heterocycles. The summed E-state index contributed by atoms with van der Waals surface area (Å²) in [6.45, 7) is 8.63. The van der Waals surface area contributed by atoms with Crippen molar-refractivity contribution >= 4 is 23.1 Å². The van der Waals surface area contributed by atoms with E-state index in [1.165, 1.54) is 16.9 Å². The summed E-state index contributed by atoms with van der Waals surface area (Å²) in [7, 11) is 0. The summed E-state index contributed by atoms with van der Waals surface area (Å²) >= 11 is 0. The van der Waals surface area contributed by atoms with Gasteiger partial charge in [0.25, 0.3) is 0 Å². The lowest BCUT2D eigenvalue weighted by molar-refractivity contribution is 0.122. The van der Waals surface area contributed by atoms with Crippen LogP contribution >= 0.6 is 0 Å². The van der Waals surface area contributed by atoms with Crippen LogP contribution in [0.15, 0.2) is 48.5 Å². The molecule has 2 aromatic carbocycles. The number of amides is 2. The largest absolute Gasteiger partial charge is 0.378 e. The lowest BCUT2D eigenvalue weighted by atomic mass is 10.1. The molecule has 4 rings (SSSR count). The van der Waals surface area contributed by atoms with Gasteiger partial charge in [0.1, 0.15) is 0 Å². The van der Waals surface area contributed by atoms with Crippen molar-refractivity contribution in [3.8, 4) is 0 Å². The number of morpholine rings is 1. The predicted octanol–water partition coefficient (Wildman–Crippen LogP) is 3.44. The maximum atomic E-state index is 12.8. The molecule has 0 aliphatic carbocycles. The maximum absolute atomic E-state index is 12.8. The van der Waals surface area contributed by atoms with Gasteiger partial charge in [-0.15, -0.1) is 0 Å². The van der Waals surface area contributed by atoms with Crippen molar-refractivity contribution in [2.45, 2.75) is 13.3 Å². The molecule has 0 saturated carbocycles. The molecule has 154 valence electrons. The van der Waals surface area contributed by atoms with Gasteiger partial charge >= 0.3 is 6.03 Å². The second kappa shape index (κ2) is 9.18. The van der Waals surface area contributed by atoms with Crippen LogP contribution in [-0.4, -0.2) is 63.4 Å². The summed E-state index contributed by atoms with van der Waals surface area (Å²) in [5.74, 6) is 0. The molecule has 6 heteroatoms. The number of ether oxygens (including phenoxy) is 1. The Morgan fingerprint density at radius 2 is 1.45 bits per heavy atom. The summed E-state index contributed by atoms with van der Waals surface area (Å²) < 4.78 is 5.51. The lowest BCUT2D eigenvalue weighted by Crippen LogP contribution is -2.50. The SMILES string of the molecule is CCc1ccccc1NC(=O)N1CCN(c2ccccc2N2CCOCC2)CC1. The molecular formula is C23H30N4O2. The lowest BCUT2D eigenvalue weighted by Gasteiger charge is -2.39. The van der Waals surface area contributed by atoms with Gasteiger partial charge in [-0.25, -0.2) is 4.79 Å². The number of anilines is 3. The molecule has 6 nitrogen and oxygen atoms in total. The summed E-state index contributed by atoms with van der Waals surface area (Å²) in [4.78, 5) is 19.5. The summed E-state index contributed by atoms with van der Waals surface area (Å²) in [6, 6.07) is 16.6. The third-order valence-electron chi connectivity index (χ3n) is 5.78. The summed E-state index contributed by atoms with van der Waals surface area (Å²) in [5.41, 5.74) is 4.61. The highest BCUT2D eigenvalue weighted by Crippen LogP contribution is 2.30. The van der Waals surface area contributed by atoms with Crippen LogP contribution in [0.4, 0.5) is 21.9 Å². The molecule has 2 heterocycles. The average molecular weight is 395 g/mol. The highest BCUT2D eigenvalue weighted by molar-refractivity contribution is 5.90. The van der Waals surface area contributed by atoms with Crippen LogP contribution in [0, 0.1) is 0 Å². The van der Waals surface area contributed by atoms with E-state index < -0.39 is 0 Å². The molecule has 0 unspecified atom stereocenters. The highest BCUT2D eigenvalue weighted by atomic mass is 16.5. The number of aryl methyl sites for hydroxylation is 1. The molecule has 0 bridgehead atoms. The molecule has 2 amide bonds. The van der Waals surface area contributed by atoms with Gasteiger partial charge < -0.3 is 24.8 Å². The topological polar surface area (TPSA) is 48.1 Å². The smallest absolute Gasteiger partial charge is 0.321 e. The maximum Gasteiger partial charge on any atom is 0.321 e. The molecule has 2 fully saturated rings. The number of carbonyl (C=O) groups is 1. The van der Waals surface area contributed by atoms with Crippen LogP contribution < -0.4 is 15.1 Å². The van der Waals surface area contributed by atoms with E-state index in [2.05, 4.69) is 52.4 Å². The number of carbonyl (C=O) groups excluding carboxylic acids is 1. The minimum atomic E-state index is -0.00739. The monoisotopic (exact) mass is 394 g/mol. The first-order valence-corrected chi connectivity index (χ1v) is 10.6. The third kappa shape index (κ3) is 4.48. The van der Waals surface area contributed by atoms with E-state index in [1.807, 2.05) is 23.1 Å². The standard InChI is InChI=1S/C23H30N4O2/c1-2-19-7-3-4-8-20(19)24-23(28)27-13-11-25(12-14-27)21-9-5-6-10-22(21)26-15-17-29-18-16-26/h3-10H,2,11-18H2,1H3,(H,24,28). The molecule has 2 aliphatic rings. The first-order valence-electron chi connectivity index (χ1n) is 10.6. The first-order chi connectivity index (χ1) is 14.3. The third-order valence-corrected chi connectivity index (χ3v) is 5.78. The number of hydrogen-bond acceptors (Lipinski definition) is 4. The Balaban J connectivity index is 1.39. The average Bonchev–Trinajstić information content (AvgIpc) is 2.80. The fourth-order valence-corrected chi connectivity index (χ4v) is 4.10. The van der Waals surface area contributed by atoms with Crippen LogP contribution in [0.5, 0.6) is 0 Å². The van der Waals surface area contributed by atoms with Crippen molar-refractivity contribution < 1.29 is 9.53 Å². The van der Waals surface area contributed by atoms with E-state index in [0.717, 1.165) is 64.6 Å². The Labute approximate surface area is 173 Å². The fraction of sp³-hybridized carbons (Fsp3) is 0.435. The number of nitrogens with one attached hydrogen (secondary N) is 1. The normalized spacial score (nSPS) is 17.3. The van der Waals surface area contributed by atoms with Crippen LogP contribution in [0.3, 0.4) is 0 Å². The molecular weight excluding hydrogens is 364 g/mol. The Kier molecular flexibility index (Phi) is 6.20. The molecule has 0 radical (unpaired) electrons. The van der Waals surface area contributed by atoms with Crippen molar-refractivity contribution in [1.29, 1.82) is 0 Å². The zero-order valence-electron chi connectivity index (χ0n) is 17.1. The number of nitrogens with zero attached hydrogens (tertiary/aromatic N) is 3. The Morgan fingerprint density at radius 1 is 0.862 bits per heavy atom. The number of benzene rings is 2. The van der Waals surface area contributed by atoms with Crippen LogP contribution in [0.2, 0.25) is 0 Å². The zero-order valence-corrected chi connectivity index (χ0v) is 17.1. The predicted molar refractivity (Wildman–Crippen MR) is 118 cm³/mol. The van der Waals surface area contributed by atoms with Crippen molar-refractivity contribution in [3.05, 3.63) is 54.1 Å². The van der Waals surface area contributed by atoms with Gasteiger partial charge in [-0.1, -0.05) is 37.3 Å². The van der Waals surface area contributed by atoms with Crippen LogP contribution in [0.1, 0.15) is 12.5 Å². The van der Waals surface area contributed by atoms with Gasteiger partial charge in [-0.05, 0) is 30.2 Å². The molecule has 0 atom stereocenters. The van der Waals surface area contributed by atoms with Crippen molar-refractivity contribution in [1.82, 2.24) is 4.90 Å².